The Kier molecular flexibility index (Phi) is 6.80. The van der Waals surface area contributed by atoms with E-state index in [9.17, 15) is 4.79 Å². The maximum atomic E-state index is 12.9. The van der Waals surface area contributed by atoms with Crippen molar-refractivity contribution in [1.82, 2.24) is 9.80 Å². The van der Waals surface area contributed by atoms with Gasteiger partial charge in [-0.05, 0) is 50.1 Å². The van der Waals surface area contributed by atoms with Gasteiger partial charge < -0.3 is 9.80 Å². The van der Waals surface area contributed by atoms with Gasteiger partial charge in [-0.15, -0.1) is 11.8 Å². The van der Waals surface area contributed by atoms with Crippen LogP contribution in [0, 0.1) is 0 Å². The van der Waals surface area contributed by atoms with Crippen LogP contribution in [-0.2, 0) is 11.3 Å². The molecule has 1 amide bonds. The van der Waals surface area contributed by atoms with E-state index in [1.54, 1.807) is 11.8 Å². The number of anilines is 1. The number of hydrogen-bond donors (Lipinski definition) is 0. The molecule has 1 saturated heterocycles. The molecule has 0 spiro atoms. The van der Waals surface area contributed by atoms with Crippen LogP contribution < -0.4 is 4.90 Å². The van der Waals surface area contributed by atoms with Gasteiger partial charge in [0.2, 0.25) is 5.91 Å². The van der Waals surface area contributed by atoms with Crippen molar-refractivity contribution in [2.75, 3.05) is 44.4 Å². The highest BCUT2D eigenvalue weighted by Gasteiger charge is 2.27. The second-order valence-electron chi connectivity index (χ2n) is 7.09. The predicted molar refractivity (Wildman–Crippen MR) is 114 cm³/mol. The number of likely N-dealkylation sites (N-methyl/N-ethyl adjacent to an activating group) is 1. The molecule has 5 heteroatoms. The van der Waals surface area contributed by atoms with Gasteiger partial charge in [-0.25, -0.2) is 0 Å². The summed E-state index contributed by atoms with van der Waals surface area (Å²) >= 11 is 1.75. The molecule has 144 valence electrons. The van der Waals surface area contributed by atoms with Gasteiger partial charge in [0, 0.05) is 43.3 Å². The molecule has 1 aliphatic heterocycles. The molecule has 4 nitrogen and oxygen atoms in total. The molecule has 0 N–H and O–H groups in total. The molecule has 0 aromatic heterocycles. The minimum Gasteiger partial charge on any atom is -0.368 e. The van der Waals surface area contributed by atoms with Crippen molar-refractivity contribution in [3.8, 4) is 0 Å². The summed E-state index contributed by atoms with van der Waals surface area (Å²) in [4.78, 5) is 20.7. The topological polar surface area (TPSA) is 26.8 Å². The minimum absolute atomic E-state index is 0.117. The lowest BCUT2D eigenvalue weighted by molar-refractivity contribution is -0.136. The van der Waals surface area contributed by atoms with E-state index < -0.39 is 0 Å². The summed E-state index contributed by atoms with van der Waals surface area (Å²) in [6.07, 6.45) is 2.08. The predicted octanol–water partition coefficient (Wildman–Crippen LogP) is 3.58. The third kappa shape index (κ3) is 5.05. The van der Waals surface area contributed by atoms with Crippen molar-refractivity contribution in [3.63, 3.8) is 0 Å². The van der Waals surface area contributed by atoms with Crippen LogP contribution in [0.2, 0.25) is 0 Å². The van der Waals surface area contributed by atoms with Crippen LogP contribution in [-0.4, -0.2) is 61.2 Å². The smallest absolute Gasteiger partial charge is 0.239 e. The first-order valence-corrected chi connectivity index (χ1v) is 10.7. The second kappa shape index (κ2) is 9.29. The maximum absolute atomic E-state index is 12.9. The lowest BCUT2D eigenvalue weighted by atomic mass is 10.1. The summed E-state index contributed by atoms with van der Waals surface area (Å²) in [5, 5.41) is 0. The van der Waals surface area contributed by atoms with Crippen molar-refractivity contribution in [3.05, 3.63) is 60.2 Å². The van der Waals surface area contributed by atoms with Gasteiger partial charge >= 0.3 is 0 Å². The van der Waals surface area contributed by atoms with Gasteiger partial charge in [-0.3, -0.25) is 9.69 Å². The molecule has 1 fully saturated rings. The molecule has 3 rings (SSSR count). The van der Waals surface area contributed by atoms with Crippen molar-refractivity contribution >= 4 is 23.4 Å². The van der Waals surface area contributed by atoms with E-state index in [4.69, 9.17) is 0 Å². The van der Waals surface area contributed by atoms with Gasteiger partial charge in [-0.2, -0.15) is 0 Å². The molecule has 1 aliphatic rings. The van der Waals surface area contributed by atoms with Crippen LogP contribution in [0.4, 0.5) is 5.69 Å². The van der Waals surface area contributed by atoms with Crippen LogP contribution in [0.25, 0.3) is 0 Å². The zero-order valence-electron chi connectivity index (χ0n) is 16.5. The van der Waals surface area contributed by atoms with E-state index in [1.807, 2.05) is 24.9 Å². The molecule has 0 bridgehead atoms. The largest absolute Gasteiger partial charge is 0.368 e. The number of thioether (sulfide) groups is 1. The van der Waals surface area contributed by atoms with Crippen molar-refractivity contribution in [2.24, 2.45) is 0 Å². The van der Waals surface area contributed by atoms with Crippen molar-refractivity contribution in [2.45, 2.75) is 24.4 Å². The minimum atomic E-state index is -0.117. The van der Waals surface area contributed by atoms with Crippen molar-refractivity contribution in [1.29, 1.82) is 0 Å². The number of carbonyl (C=O) groups excluding carboxylic acids is 1. The average Bonchev–Trinajstić information content (AvgIpc) is 2.74. The molecule has 1 unspecified atom stereocenters. The van der Waals surface area contributed by atoms with Gasteiger partial charge in [0.15, 0.2) is 0 Å². The highest BCUT2D eigenvalue weighted by Crippen LogP contribution is 2.18. The second-order valence-corrected chi connectivity index (χ2v) is 7.97. The van der Waals surface area contributed by atoms with E-state index in [2.05, 4.69) is 64.6 Å². The number of piperazine rings is 1. The Hall–Kier alpha value is -1.98. The quantitative estimate of drug-likeness (QED) is 0.713. The molecule has 27 heavy (non-hydrogen) atoms. The van der Waals surface area contributed by atoms with E-state index in [-0.39, 0.29) is 11.9 Å². The van der Waals surface area contributed by atoms with Gasteiger partial charge in [0.25, 0.3) is 0 Å². The fourth-order valence-corrected chi connectivity index (χ4v) is 3.84. The van der Waals surface area contributed by atoms with Crippen LogP contribution >= 0.6 is 11.8 Å². The Morgan fingerprint density at radius 3 is 2.26 bits per heavy atom. The first kappa shape index (κ1) is 19.8. The number of benzene rings is 2. The Bertz CT molecular complexity index is 727. The molecule has 2 aromatic rings. The summed E-state index contributed by atoms with van der Waals surface area (Å²) in [6, 6.07) is 18.9. The standard InChI is InChI=1S/C22H29N3OS/c1-18(23(2)17-19-9-11-21(27-3)12-10-19)22(26)25-15-13-24(14-16-25)20-7-5-4-6-8-20/h4-12,18H,13-17H2,1-3H3. The Morgan fingerprint density at radius 1 is 1.04 bits per heavy atom. The van der Waals surface area contributed by atoms with Crippen LogP contribution in [0.5, 0.6) is 0 Å². The Labute approximate surface area is 167 Å². The summed E-state index contributed by atoms with van der Waals surface area (Å²) in [5.41, 5.74) is 2.48. The average molecular weight is 384 g/mol. The summed E-state index contributed by atoms with van der Waals surface area (Å²) in [5.74, 6) is 0.228. The lowest BCUT2D eigenvalue weighted by Crippen LogP contribution is -2.53. The Balaban J connectivity index is 1.52. The third-order valence-corrected chi connectivity index (χ3v) is 6.07. The lowest BCUT2D eigenvalue weighted by Gasteiger charge is -2.38. The van der Waals surface area contributed by atoms with E-state index in [1.165, 1.54) is 16.1 Å². The number of hydrogen-bond acceptors (Lipinski definition) is 4. The van der Waals surface area contributed by atoms with Crippen LogP contribution in [0.1, 0.15) is 12.5 Å². The first-order chi connectivity index (χ1) is 13.1. The zero-order valence-corrected chi connectivity index (χ0v) is 17.3. The van der Waals surface area contributed by atoms with Gasteiger partial charge in [-0.1, -0.05) is 30.3 Å². The van der Waals surface area contributed by atoms with E-state index in [0.717, 1.165) is 32.7 Å². The molecule has 0 saturated carbocycles. The molecule has 0 aliphatic carbocycles. The monoisotopic (exact) mass is 383 g/mol. The van der Waals surface area contributed by atoms with Crippen LogP contribution in [0.15, 0.2) is 59.5 Å². The van der Waals surface area contributed by atoms with E-state index in [0.29, 0.717) is 0 Å². The summed E-state index contributed by atoms with van der Waals surface area (Å²) in [6.45, 7) is 6.15. The highest BCUT2D eigenvalue weighted by atomic mass is 32.2. The molecular weight excluding hydrogens is 354 g/mol. The molecule has 0 radical (unpaired) electrons. The number of rotatable bonds is 6. The maximum Gasteiger partial charge on any atom is 0.239 e. The normalized spacial score (nSPS) is 15.9. The molecular formula is C22H29N3OS. The summed E-state index contributed by atoms with van der Waals surface area (Å²) in [7, 11) is 2.03. The number of amides is 1. The Morgan fingerprint density at radius 2 is 1.67 bits per heavy atom. The number of carbonyl (C=O) groups is 1. The molecule has 2 aromatic carbocycles. The van der Waals surface area contributed by atoms with Crippen LogP contribution in [0.3, 0.4) is 0 Å². The van der Waals surface area contributed by atoms with Gasteiger partial charge in [0.05, 0.1) is 6.04 Å². The fraction of sp³-hybridized carbons (Fsp3) is 0.409. The molecule has 1 atom stereocenters. The SMILES string of the molecule is CSc1ccc(CN(C)C(C)C(=O)N2CCN(c3ccccc3)CC2)cc1. The van der Waals surface area contributed by atoms with Gasteiger partial charge in [0.1, 0.15) is 0 Å². The number of para-hydroxylation sites is 1. The summed E-state index contributed by atoms with van der Waals surface area (Å²) < 4.78 is 0. The zero-order chi connectivity index (χ0) is 19.2. The third-order valence-electron chi connectivity index (χ3n) is 5.32. The van der Waals surface area contributed by atoms with Crippen molar-refractivity contribution < 1.29 is 4.79 Å². The fourth-order valence-electron chi connectivity index (χ4n) is 3.43. The molecule has 1 heterocycles. The first-order valence-electron chi connectivity index (χ1n) is 9.50. The number of nitrogens with zero attached hydrogens (tertiary/aromatic N) is 3. The van der Waals surface area contributed by atoms with E-state index >= 15 is 0 Å². The highest BCUT2D eigenvalue weighted by molar-refractivity contribution is 7.98.